The monoisotopic (exact) mass is 373 g/mol. The molecule has 3 aromatic rings. The Morgan fingerprint density at radius 2 is 1.96 bits per heavy atom. The summed E-state index contributed by atoms with van der Waals surface area (Å²) in [7, 11) is 0. The Labute approximate surface area is 140 Å². The standard InChI is InChI=1S/C17H12BrNO4/c1-9-12-6-10(18)2-4-13(12)23-16(9)17(20)19-11-3-5-14-15(7-11)22-8-21-14/h2-7H,8H2,1H3,(H,19,20). The molecule has 1 N–H and O–H groups in total. The summed E-state index contributed by atoms with van der Waals surface area (Å²) in [5.74, 6) is 1.30. The summed E-state index contributed by atoms with van der Waals surface area (Å²) in [4.78, 5) is 12.5. The second-order valence-electron chi connectivity index (χ2n) is 5.22. The van der Waals surface area contributed by atoms with E-state index in [9.17, 15) is 4.79 Å². The van der Waals surface area contributed by atoms with Crippen LogP contribution in [-0.4, -0.2) is 12.7 Å². The first-order valence-corrected chi connectivity index (χ1v) is 7.81. The van der Waals surface area contributed by atoms with Crippen LogP contribution in [0.3, 0.4) is 0 Å². The first-order chi connectivity index (χ1) is 11.1. The van der Waals surface area contributed by atoms with Crippen molar-refractivity contribution in [3.8, 4) is 11.5 Å². The third-order valence-electron chi connectivity index (χ3n) is 3.73. The molecule has 0 radical (unpaired) electrons. The van der Waals surface area contributed by atoms with Crippen LogP contribution in [0.1, 0.15) is 16.1 Å². The predicted molar refractivity (Wildman–Crippen MR) is 89.2 cm³/mol. The van der Waals surface area contributed by atoms with Crippen LogP contribution in [0.25, 0.3) is 11.0 Å². The Morgan fingerprint density at radius 1 is 1.13 bits per heavy atom. The normalized spacial score (nSPS) is 12.6. The maximum Gasteiger partial charge on any atom is 0.291 e. The number of halogens is 1. The molecule has 4 rings (SSSR count). The van der Waals surface area contributed by atoms with Crippen molar-refractivity contribution < 1.29 is 18.7 Å². The number of hydrogen-bond acceptors (Lipinski definition) is 4. The number of carbonyl (C=O) groups excluding carboxylic acids is 1. The third kappa shape index (κ3) is 2.45. The molecule has 0 unspecified atom stereocenters. The maximum atomic E-state index is 12.5. The quantitative estimate of drug-likeness (QED) is 0.718. The minimum atomic E-state index is -0.298. The number of aryl methyl sites for hydroxylation is 1. The van der Waals surface area contributed by atoms with Crippen molar-refractivity contribution in [1.82, 2.24) is 0 Å². The van der Waals surface area contributed by atoms with Crippen LogP contribution in [0.15, 0.2) is 45.3 Å². The second kappa shape index (κ2) is 5.31. The summed E-state index contributed by atoms with van der Waals surface area (Å²) >= 11 is 3.43. The van der Waals surface area contributed by atoms with E-state index in [4.69, 9.17) is 13.9 Å². The molecule has 1 aromatic heterocycles. The van der Waals surface area contributed by atoms with Crippen LogP contribution >= 0.6 is 15.9 Å². The van der Waals surface area contributed by atoms with E-state index in [2.05, 4.69) is 21.2 Å². The average molecular weight is 374 g/mol. The van der Waals surface area contributed by atoms with Gasteiger partial charge in [-0.05, 0) is 37.3 Å². The zero-order valence-corrected chi connectivity index (χ0v) is 13.8. The van der Waals surface area contributed by atoms with Gasteiger partial charge in [0.15, 0.2) is 17.3 Å². The van der Waals surface area contributed by atoms with Crippen LogP contribution < -0.4 is 14.8 Å². The van der Waals surface area contributed by atoms with Crippen molar-refractivity contribution in [2.45, 2.75) is 6.92 Å². The lowest BCUT2D eigenvalue weighted by Gasteiger charge is -2.05. The molecule has 1 amide bonds. The molecule has 1 aliphatic rings. The highest BCUT2D eigenvalue weighted by Gasteiger charge is 2.19. The molecular formula is C17H12BrNO4. The van der Waals surface area contributed by atoms with Gasteiger partial charge in [0.05, 0.1) is 0 Å². The molecule has 23 heavy (non-hydrogen) atoms. The molecule has 1 aliphatic heterocycles. The fraction of sp³-hybridized carbons (Fsp3) is 0.118. The first-order valence-electron chi connectivity index (χ1n) is 7.01. The van der Waals surface area contributed by atoms with E-state index in [0.29, 0.717) is 28.5 Å². The zero-order valence-electron chi connectivity index (χ0n) is 12.2. The predicted octanol–water partition coefficient (Wildman–Crippen LogP) is 4.48. The number of nitrogens with one attached hydrogen (secondary N) is 1. The smallest absolute Gasteiger partial charge is 0.291 e. The molecule has 0 fully saturated rings. The Hall–Kier alpha value is -2.47. The topological polar surface area (TPSA) is 60.7 Å². The van der Waals surface area contributed by atoms with Gasteiger partial charge in [0.1, 0.15) is 5.58 Å². The molecular weight excluding hydrogens is 362 g/mol. The van der Waals surface area contributed by atoms with E-state index in [1.54, 1.807) is 18.2 Å². The van der Waals surface area contributed by atoms with Crippen LogP contribution in [0, 0.1) is 6.92 Å². The minimum Gasteiger partial charge on any atom is -0.454 e. The minimum absolute atomic E-state index is 0.199. The Morgan fingerprint density at radius 3 is 2.83 bits per heavy atom. The molecule has 2 aromatic carbocycles. The van der Waals surface area contributed by atoms with Crippen LogP contribution in [0.5, 0.6) is 11.5 Å². The average Bonchev–Trinajstić information content (AvgIpc) is 3.12. The van der Waals surface area contributed by atoms with Crippen LogP contribution in [0.4, 0.5) is 5.69 Å². The fourth-order valence-electron chi connectivity index (χ4n) is 2.57. The lowest BCUT2D eigenvalue weighted by Crippen LogP contribution is -2.12. The lowest BCUT2D eigenvalue weighted by atomic mass is 10.1. The molecule has 2 heterocycles. The number of hydrogen-bond donors (Lipinski definition) is 1. The molecule has 116 valence electrons. The van der Waals surface area contributed by atoms with Gasteiger partial charge in [-0.2, -0.15) is 0 Å². The number of ether oxygens (including phenoxy) is 2. The van der Waals surface area contributed by atoms with Crippen molar-refractivity contribution in [3.05, 3.63) is 52.2 Å². The van der Waals surface area contributed by atoms with E-state index >= 15 is 0 Å². The van der Waals surface area contributed by atoms with Gasteiger partial charge < -0.3 is 19.2 Å². The van der Waals surface area contributed by atoms with Crippen molar-refractivity contribution in [1.29, 1.82) is 0 Å². The van der Waals surface area contributed by atoms with E-state index in [1.165, 1.54) is 0 Å². The van der Waals surface area contributed by atoms with Gasteiger partial charge >= 0.3 is 0 Å². The summed E-state index contributed by atoms with van der Waals surface area (Å²) in [6, 6.07) is 10.9. The van der Waals surface area contributed by atoms with Gasteiger partial charge in [-0.25, -0.2) is 0 Å². The molecule has 6 heteroatoms. The van der Waals surface area contributed by atoms with Gasteiger partial charge in [0.2, 0.25) is 6.79 Å². The fourth-order valence-corrected chi connectivity index (χ4v) is 2.93. The van der Waals surface area contributed by atoms with Crippen LogP contribution in [0.2, 0.25) is 0 Å². The number of anilines is 1. The summed E-state index contributed by atoms with van der Waals surface area (Å²) in [5.41, 5.74) is 2.11. The molecule has 0 saturated carbocycles. The molecule has 0 saturated heterocycles. The molecule has 0 bridgehead atoms. The summed E-state index contributed by atoms with van der Waals surface area (Å²) in [6.45, 7) is 2.07. The number of furan rings is 1. The van der Waals surface area contributed by atoms with Gasteiger partial charge in [-0.3, -0.25) is 4.79 Å². The summed E-state index contributed by atoms with van der Waals surface area (Å²) < 4.78 is 17.2. The highest BCUT2D eigenvalue weighted by Crippen LogP contribution is 2.35. The SMILES string of the molecule is Cc1c(C(=O)Nc2ccc3c(c2)OCO3)oc2ccc(Br)cc12. The van der Waals surface area contributed by atoms with Crippen molar-refractivity contribution >= 4 is 38.5 Å². The summed E-state index contributed by atoms with van der Waals surface area (Å²) in [6.07, 6.45) is 0. The van der Waals surface area contributed by atoms with Gasteiger partial charge in [-0.15, -0.1) is 0 Å². The summed E-state index contributed by atoms with van der Waals surface area (Å²) in [5, 5.41) is 3.74. The second-order valence-corrected chi connectivity index (χ2v) is 6.13. The number of benzene rings is 2. The highest BCUT2D eigenvalue weighted by molar-refractivity contribution is 9.10. The molecule has 0 spiro atoms. The van der Waals surface area contributed by atoms with Crippen molar-refractivity contribution in [3.63, 3.8) is 0 Å². The van der Waals surface area contributed by atoms with Crippen LogP contribution in [-0.2, 0) is 0 Å². The zero-order chi connectivity index (χ0) is 16.0. The number of carbonyl (C=O) groups is 1. The number of amides is 1. The van der Waals surface area contributed by atoms with Crippen molar-refractivity contribution in [2.24, 2.45) is 0 Å². The third-order valence-corrected chi connectivity index (χ3v) is 4.23. The largest absolute Gasteiger partial charge is 0.454 e. The van der Waals surface area contributed by atoms with E-state index in [1.807, 2.05) is 25.1 Å². The number of rotatable bonds is 2. The van der Waals surface area contributed by atoms with Gasteiger partial charge in [0.25, 0.3) is 5.91 Å². The number of fused-ring (bicyclic) bond motifs is 2. The Kier molecular flexibility index (Phi) is 3.27. The van der Waals surface area contributed by atoms with E-state index < -0.39 is 0 Å². The lowest BCUT2D eigenvalue weighted by molar-refractivity contribution is 0.0998. The van der Waals surface area contributed by atoms with Gasteiger partial charge in [0, 0.05) is 27.2 Å². The highest BCUT2D eigenvalue weighted by atomic mass is 79.9. The van der Waals surface area contributed by atoms with Gasteiger partial charge in [-0.1, -0.05) is 15.9 Å². The van der Waals surface area contributed by atoms with Crippen molar-refractivity contribution in [2.75, 3.05) is 12.1 Å². The maximum absolute atomic E-state index is 12.5. The Balaban J connectivity index is 1.65. The van der Waals surface area contributed by atoms with E-state index in [-0.39, 0.29) is 12.7 Å². The van der Waals surface area contributed by atoms with E-state index in [0.717, 1.165) is 15.4 Å². The first kappa shape index (κ1) is 14.1. The Bertz CT molecular complexity index is 932. The molecule has 0 atom stereocenters. The molecule has 0 aliphatic carbocycles. The molecule has 5 nitrogen and oxygen atoms in total.